The smallest absolute Gasteiger partial charge is 0.242 e. The lowest BCUT2D eigenvalue weighted by atomic mass is 10.1. The fraction of sp³-hybridized carbons (Fsp3) is 0.440. The molecule has 8 heteroatoms. The molecule has 2 aromatic carbocycles. The minimum Gasteiger partial charge on any atom is -0.454 e. The Labute approximate surface area is 205 Å². The molecule has 1 aliphatic heterocycles. The summed E-state index contributed by atoms with van der Waals surface area (Å²) >= 11 is 12.8. The van der Waals surface area contributed by atoms with E-state index in [0.717, 1.165) is 18.4 Å². The Hall–Kier alpha value is -2.44. The second kappa shape index (κ2) is 12.1. The summed E-state index contributed by atoms with van der Waals surface area (Å²) in [5.74, 6) is 1.09. The van der Waals surface area contributed by atoms with Gasteiger partial charge in [0.2, 0.25) is 18.6 Å². The first-order chi connectivity index (χ1) is 15.9. The van der Waals surface area contributed by atoms with Gasteiger partial charge in [0, 0.05) is 35.1 Å². The highest BCUT2D eigenvalue weighted by molar-refractivity contribution is 6.36. The van der Waals surface area contributed by atoms with Crippen molar-refractivity contribution in [2.45, 2.75) is 58.5 Å². The van der Waals surface area contributed by atoms with Gasteiger partial charge in [-0.25, -0.2) is 0 Å². The van der Waals surface area contributed by atoms with Gasteiger partial charge < -0.3 is 19.7 Å². The van der Waals surface area contributed by atoms with E-state index in [2.05, 4.69) is 12.2 Å². The van der Waals surface area contributed by atoms with Gasteiger partial charge in [-0.1, -0.05) is 55.6 Å². The molecule has 33 heavy (non-hydrogen) atoms. The number of halogens is 2. The lowest BCUT2D eigenvalue weighted by Crippen LogP contribution is -2.49. The van der Waals surface area contributed by atoms with Crippen LogP contribution in [0.15, 0.2) is 36.4 Å². The van der Waals surface area contributed by atoms with Crippen LogP contribution in [0, 0.1) is 0 Å². The standard InChI is InChI=1S/C25H30Cl2N2O4/c1-3-5-13-28-25(31)21(4-2)29(15-18-19(26)7-6-8-20(18)27)24(30)12-10-17-9-11-22-23(14-17)33-16-32-22/h6-9,11,14,21H,3-5,10,12-13,15-16H2,1-2H3,(H,28,31). The van der Waals surface area contributed by atoms with Crippen molar-refractivity contribution in [2.24, 2.45) is 0 Å². The van der Waals surface area contributed by atoms with Crippen LogP contribution in [0.4, 0.5) is 0 Å². The predicted octanol–water partition coefficient (Wildman–Crippen LogP) is 5.38. The first-order valence-corrected chi connectivity index (χ1v) is 12.1. The van der Waals surface area contributed by atoms with Crippen LogP contribution in [0.5, 0.6) is 11.5 Å². The van der Waals surface area contributed by atoms with Crippen molar-refractivity contribution in [3.63, 3.8) is 0 Å². The van der Waals surface area contributed by atoms with Crippen molar-refractivity contribution >= 4 is 35.0 Å². The molecular formula is C25H30Cl2N2O4. The van der Waals surface area contributed by atoms with Crippen molar-refractivity contribution in [1.29, 1.82) is 0 Å². The summed E-state index contributed by atoms with van der Waals surface area (Å²) < 4.78 is 10.8. The third-order valence-electron chi connectivity index (χ3n) is 5.67. The molecule has 0 spiro atoms. The van der Waals surface area contributed by atoms with Crippen molar-refractivity contribution in [1.82, 2.24) is 10.2 Å². The van der Waals surface area contributed by atoms with Crippen LogP contribution < -0.4 is 14.8 Å². The van der Waals surface area contributed by atoms with Crippen LogP contribution in [0.2, 0.25) is 10.0 Å². The molecule has 0 fully saturated rings. The molecule has 2 amide bonds. The number of ether oxygens (including phenoxy) is 2. The number of aryl methyl sites for hydroxylation is 1. The van der Waals surface area contributed by atoms with Crippen molar-refractivity contribution in [2.75, 3.05) is 13.3 Å². The fourth-order valence-corrected chi connectivity index (χ4v) is 4.29. The predicted molar refractivity (Wildman–Crippen MR) is 130 cm³/mol. The molecule has 0 bridgehead atoms. The minimum atomic E-state index is -0.613. The Morgan fingerprint density at radius 1 is 1.09 bits per heavy atom. The van der Waals surface area contributed by atoms with Crippen LogP contribution in [0.3, 0.4) is 0 Å². The van der Waals surface area contributed by atoms with Crippen LogP contribution in [-0.4, -0.2) is 36.1 Å². The second-order valence-electron chi connectivity index (χ2n) is 7.98. The maximum atomic E-state index is 13.4. The van der Waals surface area contributed by atoms with Crippen LogP contribution in [-0.2, 0) is 22.6 Å². The van der Waals surface area contributed by atoms with E-state index in [-0.39, 0.29) is 31.6 Å². The van der Waals surface area contributed by atoms with Crippen molar-refractivity contribution in [3.05, 3.63) is 57.6 Å². The van der Waals surface area contributed by atoms with Crippen molar-refractivity contribution in [3.8, 4) is 11.5 Å². The second-order valence-corrected chi connectivity index (χ2v) is 8.79. The van der Waals surface area contributed by atoms with E-state index in [9.17, 15) is 9.59 Å². The molecule has 0 saturated heterocycles. The summed E-state index contributed by atoms with van der Waals surface area (Å²) in [6.45, 7) is 4.91. The van der Waals surface area contributed by atoms with Gasteiger partial charge in [0.05, 0.1) is 0 Å². The molecule has 2 aromatic rings. The zero-order valence-electron chi connectivity index (χ0n) is 19.0. The Morgan fingerprint density at radius 3 is 2.52 bits per heavy atom. The highest BCUT2D eigenvalue weighted by Crippen LogP contribution is 2.33. The molecule has 6 nitrogen and oxygen atoms in total. The Balaban J connectivity index is 1.78. The van der Waals surface area contributed by atoms with Crippen LogP contribution >= 0.6 is 23.2 Å². The molecule has 0 radical (unpaired) electrons. The van der Waals surface area contributed by atoms with E-state index in [4.69, 9.17) is 32.7 Å². The lowest BCUT2D eigenvalue weighted by molar-refractivity contribution is -0.141. The molecule has 3 rings (SSSR count). The van der Waals surface area contributed by atoms with E-state index in [1.807, 2.05) is 25.1 Å². The van der Waals surface area contributed by atoms with Gasteiger partial charge in [0.15, 0.2) is 11.5 Å². The van der Waals surface area contributed by atoms with E-state index in [1.54, 1.807) is 23.1 Å². The number of hydrogen-bond acceptors (Lipinski definition) is 4. The van der Waals surface area contributed by atoms with Crippen LogP contribution in [0.1, 0.15) is 50.7 Å². The van der Waals surface area contributed by atoms with Crippen molar-refractivity contribution < 1.29 is 19.1 Å². The maximum absolute atomic E-state index is 13.4. The molecule has 0 aromatic heterocycles. The van der Waals surface area contributed by atoms with Gasteiger partial charge in [-0.15, -0.1) is 0 Å². The Kier molecular flexibility index (Phi) is 9.27. The molecule has 1 unspecified atom stereocenters. The highest BCUT2D eigenvalue weighted by Gasteiger charge is 2.29. The summed E-state index contributed by atoms with van der Waals surface area (Å²) in [6.07, 6.45) is 3.09. The number of fused-ring (bicyclic) bond motifs is 1. The third-order valence-corrected chi connectivity index (χ3v) is 6.38. The van der Waals surface area contributed by atoms with Gasteiger partial charge in [-0.3, -0.25) is 9.59 Å². The summed E-state index contributed by atoms with van der Waals surface area (Å²) in [4.78, 5) is 28.0. The minimum absolute atomic E-state index is 0.138. The topological polar surface area (TPSA) is 67.9 Å². The first-order valence-electron chi connectivity index (χ1n) is 11.3. The molecule has 0 saturated carbocycles. The molecule has 1 N–H and O–H groups in total. The van der Waals surface area contributed by atoms with Crippen LogP contribution in [0.25, 0.3) is 0 Å². The molecule has 1 heterocycles. The third kappa shape index (κ3) is 6.55. The average Bonchev–Trinajstić information content (AvgIpc) is 3.27. The van der Waals surface area contributed by atoms with E-state index in [0.29, 0.717) is 46.5 Å². The number of nitrogens with one attached hydrogen (secondary N) is 1. The molecular weight excluding hydrogens is 463 g/mol. The van der Waals surface area contributed by atoms with Gasteiger partial charge in [-0.05, 0) is 49.1 Å². The number of rotatable bonds is 11. The molecule has 0 aliphatic carbocycles. The average molecular weight is 493 g/mol. The number of amides is 2. The van der Waals surface area contributed by atoms with E-state index < -0.39 is 6.04 Å². The molecule has 178 valence electrons. The number of carbonyl (C=O) groups excluding carboxylic acids is 2. The number of benzene rings is 2. The van der Waals surface area contributed by atoms with E-state index >= 15 is 0 Å². The quantitative estimate of drug-likeness (QED) is 0.427. The maximum Gasteiger partial charge on any atom is 0.242 e. The molecule has 1 atom stereocenters. The summed E-state index contributed by atoms with van der Waals surface area (Å²) in [5, 5.41) is 3.90. The lowest BCUT2D eigenvalue weighted by Gasteiger charge is -2.31. The SMILES string of the molecule is CCCCNC(=O)C(CC)N(Cc1c(Cl)cccc1Cl)C(=O)CCc1ccc2c(c1)OCO2. The number of nitrogens with zero attached hydrogens (tertiary/aromatic N) is 1. The fourth-order valence-electron chi connectivity index (χ4n) is 3.77. The van der Waals surface area contributed by atoms with Gasteiger partial charge >= 0.3 is 0 Å². The summed E-state index contributed by atoms with van der Waals surface area (Å²) in [7, 11) is 0. The number of unbranched alkanes of at least 4 members (excludes halogenated alkanes) is 1. The number of hydrogen-bond donors (Lipinski definition) is 1. The molecule has 1 aliphatic rings. The van der Waals surface area contributed by atoms with Gasteiger partial charge in [-0.2, -0.15) is 0 Å². The Bertz CT molecular complexity index is 963. The van der Waals surface area contributed by atoms with E-state index in [1.165, 1.54) is 0 Å². The highest BCUT2D eigenvalue weighted by atomic mass is 35.5. The van der Waals surface area contributed by atoms with Gasteiger partial charge in [0.25, 0.3) is 0 Å². The zero-order chi connectivity index (χ0) is 23.8. The normalized spacial score (nSPS) is 13.0. The summed E-state index contributed by atoms with van der Waals surface area (Å²) in [5.41, 5.74) is 1.60. The first kappa shape index (κ1) is 25.2. The van der Waals surface area contributed by atoms with Gasteiger partial charge in [0.1, 0.15) is 6.04 Å². The zero-order valence-corrected chi connectivity index (χ0v) is 20.5. The monoisotopic (exact) mass is 492 g/mol. The Morgan fingerprint density at radius 2 is 1.82 bits per heavy atom. The number of carbonyl (C=O) groups is 2. The summed E-state index contributed by atoms with van der Waals surface area (Å²) in [6, 6.07) is 10.3. The largest absolute Gasteiger partial charge is 0.454 e.